The third-order valence-corrected chi connectivity index (χ3v) is 7.52. The van der Waals surface area contributed by atoms with E-state index >= 15 is 0 Å². The molecule has 180 valence electrons. The van der Waals surface area contributed by atoms with E-state index in [9.17, 15) is 13.2 Å². The van der Waals surface area contributed by atoms with Gasteiger partial charge in [-0.1, -0.05) is 71.8 Å². The van der Waals surface area contributed by atoms with Crippen LogP contribution in [0.15, 0.2) is 95.9 Å². The van der Waals surface area contributed by atoms with Gasteiger partial charge >= 0.3 is 0 Å². The minimum atomic E-state index is -4.03. The number of rotatable bonds is 9. The molecule has 0 aliphatic carbocycles. The second-order valence-electron chi connectivity index (χ2n) is 7.98. The first-order valence-electron chi connectivity index (χ1n) is 11.1. The molecule has 4 aromatic rings. The van der Waals surface area contributed by atoms with E-state index in [1.54, 1.807) is 36.4 Å². The van der Waals surface area contributed by atoms with Crippen molar-refractivity contribution in [2.45, 2.75) is 11.8 Å². The summed E-state index contributed by atoms with van der Waals surface area (Å²) >= 11 is 6.30. The second-order valence-corrected chi connectivity index (χ2v) is 10.3. The molecule has 8 heteroatoms. The van der Waals surface area contributed by atoms with Crippen molar-refractivity contribution in [3.63, 3.8) is 0 Å². The Hall–Kier alpha value is -3.55. The van der Waals surface area contributed by atoms with Gasteiger partial charge in [0.1, 0.15) is 18.9 Å². The minimum Gasteiger partial charge on any atom is -0.492 e. The average Bonchev–Trinajstić information content (AvgIpc) is 2.86. The topological polar surface area (TPSA) is 75.7 Å². The van der Waals surface area contributed by atoms with Crippen molar-refractivity contribution < 1.29 is 17.9 Å². The standard InChI is InChI=1S/C27H25ClN2O4S/c1-20-10-14-24(15-11-20)35(32,33)30(26-9-5-4-8-25(26)28)19-27(31)29-16-17-34-23-13-12-21-6-2-3-7-22(21)18-23/h2-15,18H,16-17,19H2,1H3,(H,29,31). The largest absolute Gasteiger partial charge is 0.492 e. The molecule has 1 amide bonds. The Morgan fingerprint density at radius 2 is 1.60 bits per heavy atom. The Kier molecular flexibility index (Phi) is 7.58. The Morgan fingerprint density at radius 3 is 2.34 bits per heavy atom. The summed E-state index contributed by atoms with van der Waals surface area (Å²) in [7, 11) is -4.03. The number of aryl methyl sites for hydroxylation is 1. The van der Waals surface area contributed by atoms with Crippen molar-refractivity contribution >= 4 is 44.0 Å². The fraction of sp³-hybridized carbons (Fsp3) is 0.148. The van der Waals surface area contributed by atoms with Crippen molar-refractivity contribution in [2.75, 3.05) is 24.0 Å². The SMILES string of the molecule is Cc1ccc(S(=O)(=O)N(CC(=O)NCCOc2ccc3ccccc3c2)c2ccccc2Cl)cc1. The number of ether oxygens (including phenoxy) is 1. The maximum Gasteiger partial charge on any atom is 0.264 e. The lowest BCUT2D eigenvalue weighted by Crippen LogP contribution is -2.42. The summed E-state index contributed by atoms with van der Waals surface area (Å²) in [4.78, 5) is 12.8. The second kappa shape index (κ2) is 10.8. The number of sulfonamides is 1. The molecule has 0 fully saturated rings. The molecule has 0 aliphatic heterocycles. The molecule has 0 saturated heterocycles. The Balaban J connectivity index is 1.43. The molecule has 4 rings (SSSR count). The lowest BCUT2D eigenvalue weighted by molar-refractivity contribution is -0.119. The molecule has 0 saturated carbocycles. The number of benzene rings is 4. The smallest absolute Gasteiger partial charge is 0.264 e. The lowest BCUT2D eigenvalue weighted by atomic mass is 10.1. The molecule has 0 radical (unpaired) electrons. The van der Waals surface area contributed by atoms with Gasteiger partial charge in [-0.15, -0.1) is 0 Å². The number of halogens is 1. The molecular weight excluding hydrogens is 484 g/mol. The first-order chi connectivity index (χ1) is 16.8. The van der Waals surface area contributed by atoms with Crippen LogP contribution >= 0.6 is 11.6 Å². The van der Waals surface area contributed by atoms with E-state index in [2.05, 4.69) is 5.32 Å². The number of amides is 1. The number of hydrogen-bond acceptors (Lipinski definition) is 4. The monoisotopic (exact) mass is 508 g/mol. The van der Waals surface area contributed by atoms with E-state index in [-0.39, 0.29) is 28.8 Å². The van der Waals surface area contributed by atoms with Crippen LogP contribution < -0.4 is 14.4 Å². The number of nitrogens with one attached hydrogen (secondary N) is 1. The molecular formula is C27H25ClN2O4S. The van der Waals surface area contributed by atoms with Gasteiger partial charge in [0.05, 0.1) is 22.2 Å². The number of fused-ring (bicyclic) bond motifs is 1. The average molecular weight is 509 g/mol. The highest BCUT2D eigenvalue weighted by atomic mass is 35.5. The highest BCUT2D eigenvalue weighted by molar-refractivity contribution is 7.92. The Labute approximate surface area is 210 Å². The molecule has 1 N–H and O–H groups in total. The van der Waals surface area contributed by atoms with Crippen molar-refractivity contribution in [3.05, 3.63) is 102 Å². The maximum absolute atomic E-state index is 13.4. The van der Waals surface area contributed by atoms with Gasteiger partial charge in [0.15, 0.2) is 0 Å². The molecule has 35 heavy (non-hydrogen) atoms. The third-order valence-electron chi connectivity index (χ3n) is 5.43. The number of anilines is 1. The van der Waals surface area contributed by atoms with E-state index < -0.39 is 22.5 Å². The first-order valence-corrected chi connectivity index (χ1v) is 12.9. The lowest BCUT2D eigenvalue weighted by Gasteiger charge is -2.25. The summed E-state index contributed by atoms with van der Waals surface area (Å²) in [5.74, 6) is 0.223. The predicted octanol–water partition coefficient (Wildman–Crippen LogP) is 5.19. The zero-order chi connectivity index (χ0) is 24.8. The van der Waals surface area contributed by atoms with Gasteiger partial charge in [0.2, 0.25) is 5.91 Å². The zero-order valence-corrected chi connectivity index (χ0v) is 20.7. The van der Waals surface area contributed by atoms with Crippen LogP contribution in [0.4, 0.5) is 5.69 Å². The van der Waals surface area contributed by atoms with E-state index in [0.29, 0.717) is 5.75 Å². The molecule has 0 unspecified atom stereocenters. The highest BCUT2D eigenvalue weighted by Crippen LogP contribution is 2.30. The zero-order valence-electron chi connectivity index (χ0n) is 19.1. The van der Waals surface area contributed by atoms with Crippen LogP contribution in [0.2, 0.25) is 5.02 Å². The van der Waals surface area contributed by atoms with Crippen LogP contribution in [0.5, 0.6) is 5.75 Å². The van der Waals surface area contributed by atoms with Gasteiger partial charge in [-0.05, 0) is 54.1 Å². The van der Waals surface area contributed by atoms with Gasteiger partial charge in [-0.25, -0.2) is 8.42 Å². The summed E-state index contributed by atoms with van der Waals surface area (Å²) in [5.41, 5.74) is 1.16. The number of carbonyl (C=O) groups is 1. The number of carbonyl (C=O) groups excluding carboxylic acids is 1. The molecule has 0 heterocycles. The summed E-state index contributed by atoms with van der Waals surface area (Å²) < 4.78 is 33.6. The van der Waals surface area contributed by atoms with Crippen molar-refractivity contribution in [1.82, 2.24) is 5.32 Å². The van der Waals surface area contributed by atoms with E-state index in [0.717, 1.165) is 20.6 Å². The maximum atomic E-state index is 13.4. The number of para-hydroxylation sites is 1. The first kappa shape index (κ1) is 24.6. The quantitative estimate of drug-likeness (QED) is 0.316. The van der Waals surface area contributed by atoms with Gasteiger partial charge in [-0.2, -0.15) is 0 Å². The molecule has 0 aromatic heterocycles. The van der Waals surface area contributed by atoms with Gasteiger partial charge < -0.3 is 10.1 Å². The number of nitrogens with zero attached hydrogens (tertiary/aromatic N) is 1. The highest BCUT2D eigenvalue weighted by Gasteiger charge is 2.28. The molecule has 0 spiro atoms. The molecule has 4 aromatic carbocycles. The van der Waals surface area contributed by atoms with Crippen LogP contribution in [-0.2, 0) is 14.8 Å². The third kappa shape index (κ3) is 5.93. The van der Waals surface area contributed by atoms with Crippen molar-refractivity contribution in [2.24, 2.45) is 0 Å². The molecule has 6 nitrogen and oxygen atoms in total. The van der Waals surface area contributed by atoms with E-state index in [1.165, 1.54) is 12.1 Å². The van der Waals surface area contributed by atoms with Crippen LogP contribution in [0, 0.1) is 6.92 Å². The normalized spacial score (nSPS) is 11.3. The molecule has 0 atom stereocenters. The summed E-state index contributed by atoms with van der Waals surface area (Å²) in [6.45, 7) is 1.90. The molecule has 0 aliphatic rings. The Bertz CT molecular complexity index is 1440. The fourth-order valence-electron chi connectivity index (χ4n) is 3.59. The van der Waals surface area contributed by atoms with E-state index in [1.807, 2.05) is 49.4 Å². The summed E-state index contributed by atoms with van der Waals surface area (Å²) in [6, 6.07) is 26.7. The van der Waals surface area contributed by atoms with Gasteiger partial charge in [0.25, 0.3) is 10.0 Å². The molecule has 0 bridgehead atoms. The van der Waals surface area contributed by atoms with Gasteiger partial charge in [-0.3, -0.25) is 9.10 Å². The van der Waals surface area contributed by atoms with Crippen LogP contribution in [0.25, 0.3) is 10.8 Å². The van der Waals surface area contributed by atoms with Crippen LogP contribution in [-0.4, -0.2) is 34.0 Å². The van der Waals surface area contributed by atoms with Gasteiger partial charge in [0, 0.05) is 0 Å². The van der Waals surface area contributed by atoms with Crippen molar-refractivity contribution in [1.29, 1.82) is 0 Å². The van der Waals surface area contributed by atoms with Crippen LogP contribution in [0.3, 0.4) is 0 Å². The van der Waals surface area contributed by atoms with E-state index in [4.69, 9.17) is 16.3 Å². The van der Waals surface area contributed by atoms with Crippen molar-refractivity contribution in [3.8, 4) is 5.75 Å². The number of hydrogen-bond donors (Lipinski definition) is 1. The van der Waals surface area contributed by atoms with Crippen LogP contribution in [0.1, 0.15) is 5.56 Å². The fourth-order valence-corrected chi connectivity index (χ4v) is 5.32. The predicted molar refractivity (Wildman–Crippen MR) is 140 cm³/mol. The summed E-state index contributed by atoms with van der Waals surface area (Å²) in [5, 5.41) is 5.14. The minimum absolute atomic E-state index is 0.0791. The summed E-state index contributed by atoms with van der Waals surface area (Å²) in [6.07, 6.45) is 0. The Morgan fingerprint density at radius 1 is 0.914 bits per heavy atom.